The molecule has 0 radical (unpaired) electrons. The Morgan fingerprint density at radius 3 is 2.53 bits per heavy atom. The van der Waals surface area contributed by atoms with Crippen LogP contribution < -0.4 is 10.1 Å². The summed E-state index contributed by atoms with van der Waals surface area (Å²) in [5.41, 5.74) is 1.92. The fourth-order valence-electron chi connectivity index (χ4n) is 2.01. The van der Waals surface area contributed by atoms with Crippen molar-refractivity contribution in [1.82, 2.24) is 5.32 Å². The highest BCUT2D eigenvalue weighted by Gasteiger charge is 2.25. The molecule has 0 aliphatic carbocycles. The summed E-state index contributed by atoms with van der Waals surface area (Å²) in [6, 6.07) is 6.11. The van der Waals surface area contributed by atoms with Gasteiger partial charge in [-0.2, -0.15) is 0 Å². The van der Waals surface area contributed by atoms with Gasteiger partial charge in [-0.15, -0.1) is 0 Å². The maximum atomic E-state index is 10.7. The molecule has 0 bridgehead atoms. The van der Waals surface area contributed by atoms with E-state index in [0.717, 1.165) is 11.3 Å². The molecule has 0 spiro atoms. The van der Waals surface area contributed by atoms with E-state index in [2.05, 4.69) is 25.2 Å². The normalized spacial score (nSPS) is 11.5. The van der Waals surface area contributed by atoms with Crippen LogP contribution in [-0.4, -0.2) is 24.9 Å². The van der Waals surface area contributed by atoms with E-state index in [1.807, 2.05) is 26.0 Å². The van der Waals surface area contributed by atoms with Crippen molar-refractivity contribution in [3.05, 3.63) is 29.3 Å². The van der Waals surface area contributed by atoms with Crippen LogP contribution in [-0.2, 0) is 5.41 Å². The van der Waals surface area contributed by atoms with Crippen molar-refractivity contribution < 1.29 is 14.6 Å². The zero-order valence-corrected chi connectivity index (χ0v) is 12.3. The molecule has 0 saturated heterocycles. The maximum Gasteiger partial charge on any atom is 0.404 e. The van der Waals surface area contributed by atoms with Gasteiger partial charge in [0.15, 0.2) is 0 Å². The van der Waals surface area contributed by atoms with Gasteiger partial charge in [0, 0.05) is 17.5 Å². The Morgan fingerprint density at radius 2 is 2.05 bits per heavy atom. The van der Waals surface area contributed by atoms with E-state index >= 15 is 0 Å². The van der Waals surface area contributed by atoms with Crippen LogP contribution in [0.5, 0.6) is 5.75 Å². The van der Waals surface area contributed by atoms with Gasteiger partial charge in [-0.1, -0.05) is 39.8 Å². The molecule has 1 aromatic rings. The Labute approximate surface area is 114 Å². The maximum absolute atomic E-state index is 10.7. The van der Waals surface area contributed by atoms with Gasteiger partial charge in [-0.25, -0.2) is 4.79 Å². The second-order valence-electron chi connectivity index (χ2n) is 5.66. The van der Waals surface area contributed by atoms with E-state index in [9.17, 15) is 4.79 Å². The average Bonchev–Trinajstić information content (AvgIpc) is 2.35. The number of nitrogens with one attached hydrogen (secondary N) is 1. The summed E-state index contributed by atoms with van der Waals surface area (Å²) in [6.45, 7) is 8.62. The molecule has 0 unspecified atom stereocenters. The molecule has 106 valence electrons. The van der Waals surface area contributed by atoms with Crippen molar-refractivity contribution in [3.8, 4) is 5.75 Å². The molecular weight excluding hydrogens is 242 g/mol. The van der Waals surface area contributed by atoms with Gasteiger partial charge in [0.2, 0.25) is 0 Å². The van der Waals surface area contributed by atoms with Crippen LogP contribution in [0.25, 0.3) is 0 Å². The summed E-state index contributed by atoms with van der Waals surface area (Å²) in [5.74, 6) is 1.22. The second-order valence-corrected chi connectivity index (χ2v) is 5.66. The third-order valence-corrected chi connectivity index (χ3v) is 3.30. The first-order valence-electron chi connectivity index (χ1n) is 6.43. The number of benzene rings is 1. The minimum atomic E-state index is -1.01. The lowest BCUT2D eigenvalue weighted by Gasteiger charge is -2.28. The molecule has 0 aromatic heterocycles. The van der Waals surface area contributed by atoms with Crippen molar-refractivity contribution in [2.45, 2.75) is 39.0 Å². The Bertz CT molecular complexity index is 453. The Kier molecular flexibility index (Phi) is 4.81. The first-order chi connectivity index (χ1) is 8.77. The lowest BCUT2D eigenvalue weighted by atomic mass is 9.82. The first kappa shape index (κ1) is 15.3. The second kappa shape index (κ2) is 5.95. The number of rotatable bonds is 5. The van der Waals surface area contributed by atoms with Crippen LogP contribution in [0.1, 0.15) is 44.7 Å². The molecule has 4 nitrogen and oxygen atoms in total. The summed E-state index contributed by atoms with van der Waals surface area (Å²) in [5, 5.41) is 11.2. The van der Waals surface area contributed by atoms with Crippen molar-refractivity contribution in [3.63, 3.8) is 0 Å². The molecule has 0 atom stereocenters. The minimum Gasteiger partial charge on any atom is -0.496 e. The Morgan fingerprint density at radius 1 is 1.42 bits per heavy atom. The summed E-state index contributed by atoms with van der Waals surface area (Å²) >= 11 is 0. The zero-order valence-electron chi connectivity index (χ0n) is 12.3. The Hall–Kier alpha value is -1.71. The van der Waals surface area contributed by atoms with E-state index in [-0.39, 0.29) is 5.41 Å². The van der Waals surface area contributed by atoms with E-state index in [1.54, 1.807) is 7.11 Å². The highest BCUT2D eigenvalue weighted by Crippen LogP contribution is 2.33. The van der Waals surface area contributed by atoms with E-state index in [1.165, 1.54) is 5.56 Å². The molecule has 0 heterocycles. The number of hydrogen-bond donors (Lipinski definition) is 2. The number of amides is 1. The van der Waals surface area contributed by atoms with Crippen molar-refractivity contribution in [2.75, 3.05) is 13.7 Å². The van der Waals surface area contributed by atoms with Gasteiger partial charge in [0.1, 0.15) is 5.75 Å². The predicted molar refractivity (Wildman–Crippen MR) is 76.1 cm³/mol. The number of methoxy groups -OCH3 is 1. The summed E-state index contributed by atoms with van der Waals surface area (Å²) in [4.78, 5) is 10.7. The molecule has 1 amide bonds. The van der Waals surface area contributed by atoms with Crippen molar-refractivity contribution in [2.24, 2.45) is 0 Å². The highest BCUT2D eigenvalue weighted by molar-refractivity contribution is 5.64. The molecule has 19 heavy (non-hydrogen) atoms. The Balaban J connectivity index is 3.13. The van der Waals surface area contributed by atoms with Crippen LogP contribution >= 0.6 is 0 Å². The molecule has 2 N–H and O–H groups in total. The molecule has 0 saturated carbocycles. The SMILES string of the molecule is COc1ccc(C(C)C)cc1C(C)(C)CNC(=O)O. The summed E-state index contributed by atoms with van der Waals surface area (Å²) < 4.78 is 5.40. The van der Waals surface area contributed by atoms with Gasteiger partial charge < -0.3 is 15.2 Å². The van der Waals surface area contributed by atoms with Gasteiger partial charge in [0.25, 0.3) is 0 Å². The van der Waals surface area contributed by atoms with Crippen molar-refractivity contribution >= 4 is 6.09 Å². The van der Waals surface area contributed by atoms with Crippen LogP contribution in [0.3, 0.4) is 0 Å². The lowest BCUT2D eigenvalue weighted by Crippen LogP contribution is -2.36. The number of carboxylic acid groups (broad SMARTS) is 1. The molecule has 0 aliphatic rings. The van der Waals surface area contributed by atoms with Crippen molar-refractivity contribution in [1.29, 1.82) is 0 Å². The molecule has 1 rings (SSSR count). The number of ether oxygens (including phenoxy) is 1. The molecular formula is C15H23NO3. The van der Waals surface area contributed by atoms with Gasteiger partial charge >= 0.3 is 6.09 Å². The summed E-state index contributed by atoms with van der Waals surface area (Å²) in [6.07, 6.45) is -1.01. The predicted octanol–water partition coefficient (Wildman–Crippen LogP) is 3.36. The van der Waals surface area contributed by atoms with Gasteiger partial charge in [-0.05, 0) is 17.5 Å². The monoisotopic (exact) mass is 265 g/mol. The fraction of sp³-hybridized carbons (Fsp3) is 0.533. The van der Waals surface area contributed by atoms with E-state index < -0.39 is 6.09 Å². The van der Waals surface area contributed by atoms with Gasteiger partial charge in [-0.3, -0.25) is 0 Å². The highest BCUT2D eigenvalue weighted by atomic mass is 16.5. The van der Waals surface area contributed by atoms with Crippen LogP contribution in [0.2, 0.25) is 0 Å². The van der Waals surface area contributed by atoms with Crippen LogP contribution in [0.15, 0.2) is 18.2 Å². The first-order valence-corrected chi connectivity index (χ1v) is 6.43. The average molecular weight is 265 g/mol. The molecule has 1 aromatic carbocycles. The number of carbonyl (C=O) groups is 1. The van der Waals surface area contributed by atoms with E-state index in [0.29, 0.717) is 12.5 Å². The van der Waals surface area contributed by atoms with Crippen LogP contribution in [0, 0.1) is 0 Å². The quantitative estimate of drug-likeness (QED) is 0.858. The minimum absolute atomic E-state index is 0.325. The number of hydrogen-bond acceptors (Lipinski definition) is 2. The topological polar surface area (TPSA) is 58.6 Å². The lowest BCUT2D eigenvalue weighted by molar-refractivity contribution is 0.191. The third kappa shape index (κ3) is 3.88. The third-order valence-electron chi connectivity index (χ3n) is 3.30. The fourth-order valence-corrected chi connectivity index (χ4v) is 2.01. The standard InChI is InChI=1S/C15H23NO3/c1-10(2)11-6-7-13(19-5)12(8-11)15(3,4)9-16-14(17)18/h6-8,10,16H,9H2,1-5H3,(H,17,18). The smallest absolute Gasteiger partial charge is 0.404 e. The zero-order chi connectivity index (χ0) is 14.6. The van der Waals surface area contributed by atoms with E-state index in [4.69, 9.17) is 9.84 Å². The molecule has 0 aliphatic heterocycles. The van der Waals surface area contributed by atoms with Gasteiger partial charge in [0.05, 0.1) is 7.11 Å². The largest absolute Gasteiger partial charge is 0.496 e. The molecule has 0 fully saturated rings. The molecule has 4 heteroatoms. The van der Waals surface area contributed by atoms with Crippen LogP contribution in [0.4, 0.5) is 4.79 Å². The summed E-state index contributed by atoms with van der Waals surface area (Å²) in [7, 11) is 1.63.